The average molecular weight is 340 g/mol. The highest BCUT2D eigenvalue weighted by Crippen LogP contribution is 2.28. The minimum Gasteiger partial charge on any atom is -0.494 e. The van der Waals surface area contributed by atoms with E-state index in [1.54, 1.807) is 0 Å². The lowest BCUT2D eigenvalue weighted by Gasteiger charge is -2.15. The Kier molecular flexibility index (Phi) is 8.00. The van der Waals surface area contributed by atoms with E-state index < -0.39 is 0 Å². The molecule has 2 aromatic carbocycles. The fourth-order valence-corrected chi connectivity index (χ4v) is 3.41. The number of hydrogen-bond acceptors (Lipinski definition) is 2. The Labute approximate surface area is 153 Å². The molecule has 2 rings (SSSR count). The first-order valence-electron chi connectivity index (χ1n) is 9.81. The maximum absolute atomic E-state index is 5.83. The van der Waals surface area contributed by atoms with Crippen LogP contribution in [0.3, 0.4) is 0 Å². The highest BCUT2D eigenvalue weighted by atomic mass is 16.5. The number of ether oxygens (including phenoxy) is 1. The van der Waals surface area contributed by atoms with Crippen LogP contribution < -0.4 is 10.5 Å². The molecule has 0 aromatic heterocycles. The first kappa shape index (κ1) is 19.5. The lowest BCUT2D eigenvalue weighted by Crippen LogP contribution is -2.01. The van der Waals surface area contributed by atoms with Gasteiger partial charge in [0.25, 0.3) is 0 Å². The minimum atomic E-state index is 0.768. The standard InChI is InChI=1S/C23H33NO/c1-4-18-16-21(17-19(5-2)23(18)6-3)20-10-12-22(13-11-20)25-15-9-7-8-14-24/h10-13,16-17H,4-9,14-15,24H2,1-3H3. The third-order valence-corrected chi connectivity index (χ3v) is 4.85. The number of rotatable bonds is 10. The lowest BCUT2D eigenvalue weighted by atomic mass is 9.91. The molecule has 0 saturated carbocycles. The van der Waals surface area contributed by atoms with E-state index in [0.717, 1.165) is 57.4 Å². The molecule has 0 unspecified atom stereocenters. The van der Waals surface area contributed by atoms with Gasteiger partial charge in [0, 0.05) is 0 Å². The van der Waals surface area contributed by atoms with E-state index in [9.17, 15) is 0 Å². The maximum Gasteiger partial charge on any atom is 0.119 e. The van der Waals surface area contributed by atoms with Gasteiger partial charge in [-0.1, -0.05) is 45.0 Å². The summed E-state index contributed by atoms with van der Waals surface area (Å²) >= 11 is 0. The highest BCUT2D eigenvalue weighted by molar-refractivity contribution is 5.67. The van der Waals surface area contributed by atoms with Crippen LogP contribution in [0.5, 0.6) is 5.75 Å². The number of aryl methyl sites for hydroxylation is 2. The lowest BCUT2D eigenvalue weighted by molar-refractivity contribution is 0.306. The molecule has 0 aliphatic rings. The van der Waals surface area contributed by atoms with Crippen molar-refractivity contribution in [3.05, 3.63) is 53.1 Å². The van der Waals surface area contributed by atoms with Crippen LogP contribution in [-0.2, 0) is 19.3 Å². The maximum atomic E-state index is 5.83. The molecule has 0 saturated heterocycles. The van der Waals surface area contributed by atoms with Crippen LogP contribution in [0.2, 0.25) is 0 Å². The molecular formula is C23H33NO. The first-order valence-corrected chi connectivity index (χ1v) is 9.81. The van der Waals surface area contributed by atoms with Crippen LogP contribution in [0.25, 0.3) is 11.1 Å². The predicted octanol–water partition coefficient (Wildman–Crippen LogP) is 5.55. The Bertz CT molecular complexity index is 621. The Morgan fingerprint density at radius 1 is 0.760 bits per heavy atom. The Hall–Kier alpha value is -1.80. The monoisotopic (exact) mass is 339 g/mol. The zero-order valence-electron chi connectivity index (χ0n) is 16.1. The molecule has 2 N–H and O–H groups in total. The van der Waals surface area contributed by atoms with Crippen LogP contribution in [0.4, 0.5) is 0 Å². The van der Waals surface area contributed by atoms with Crippen LogP contribution in [0.15, 0.2) is 36.4 Å². The molecule has 0 heterocycles. The van der Waals surface area contributed by atoms with E-state index in [2.05, 4.69) is 57.2 Å². The first-order chi connectivity index (χ1) is 12.2. The van der Waals surface area contributed by atoms with Gasteiger partial charge in [-0.2, -0.15) is 0 Å². The molecule has 0 aliphatic carbocycles. The van der Waals surface area contributed by atoms with Gasteiger partial charge in [0.15, 0.2) is 0 Å². The number of benzene rings is 2. The molecule has 136 valence electrons. The summed E-state index contributed by atoms with van der Waals surface area (Å²) in [6.45, 7) is 8.29. The van der Waals surface area contributed by atoms with E-state index in [4.69, 9.17) is 10.5 Å². The number of unbranched alkanes of at least 4 members (excludes halogenated alkanes) is 2. The third kappa shape index (κ3) is 5.34. The van der Waals surface area contributed by atoms with Gasteiger partial charge in [0.2, 0.25) is 0 Å². The molecule has 0 aliphatic heterocycles. The molecule has 0 radical (unpaired) electrons. The van der Waals surface area contributed by atoms with E-state index in [0.29, 0.717) is 0 Å². The summed E-state index contributed by atoms with van der Waals surface area (Å²) in [5.41, 5.74) is 12.6. The second-order valence-corrected chi connectivity index (χ2v) is 6.56. The summed E-state index contributed by atoms with van der Waals surface area (Å²) in [6, 6.07) is 13.2. The van der Waals surface area contributed by atoms with Crippen LogP contribution in [-0.4, -0.2) is 13.2 Å². The molecule has 0 bridgehead atoms. The van der Waals surface area contributed by atoms with Crippen molar-refractivity contribution in [2.75, 3.05) is 13.2 Å². The Morgan fingerprint density at radius 2 is 1.40 bits per heavy atom. The van der Waals surface area contributed by atoms with Gasteiger partial charge in [-0.15, -0.1) is 0 Å². The van der Waals surface area contributed by atoms with Gasteiger partial charge < -0.3 is 10.5 Å². The van der Waals surface area contributed by atoms with Crippen molar-refractivity contribution < 1.29 is 4.74 Å². The van der Waals surface area contributed by atoms with Crippen molar-refractivity contribution in [3.8, 4) is 16.9 Å². The molecule has 25 heavy (non-hydrogen) atoms. The highest BCUT2D eigenvalue weighted by Gasteiger charge is 2.09. The summed E-state index contributed by atoms with van der Waals surface area (Å²) in [5.74, 6) is 0.952. The summed E-state index contributed by atoms with van der Waals surface area (Å²) in [6.07, 6.45) is 6.58. The number of hydrogen-bond donors (Lipinski definition) is 1. The second kappa shape index (κ2) is 10.2. The molecule has 2 aromatic rings. The largest absolute Gasteiger partial charge is 0.494 e. The summed E-state index contributed by atoms with van der Waals surface area (Å²) < 4.78 is 5.83. The van der Waals surface area contributed by atoms with Gasteiger partial charge in [0.05, 0.1) is 6.61 Å². The topological polar surface area (TPSA) is 35.2 Å². The van der Waals surface area contributed by atoms with Crippen LogP contribution in [0.1, 0.15) is 56.7 Å². The normalized spacial score (nSPS) is 10.9. The minimum absolute atomic E-state index is 0.768. The van der Waals surface area contributed by atoms with Gasteiger partial charge in [-0.05, 0) is 85.0 Å². The van der Waals surface area contributed by atoms with Gasteiger partial charge in [0.1, 0.15) is 5.75 Å². The summed E-state index contributed by atoms with van der Waals surface area (Å²) in [5, 5.41) is 0. The van der Waals surface area contributed by atoms with Crippen LogP contribution >= 0.6 is 0 Å². The summed E-state index contributed by atoms with van der Waals surface area (Å²) in [7, 11) is 0. The predicted molar refractivity (Wildman–Crippen MR) is 108 cm³/mol. The van der Waals surface area contributed by atoms with Crippen molar-refractivity contribution in [2.45, 2.75) is 59.3 Å². The molecule has 0 amide bonds. The van der Waals surface area contributed by atoms with Crippen molar-refractivity contribution >= 4 is 0 Å². The number of nitrogens with two attached hydrogens (primary N) is 1. The fraction of sp³-hybridized carbons (Fsp3) is 0.478. The molecule has 0 atom stereocenters. The van der Waals surface area contributed by atoms with E-state index in [-0.39, 0.29) is 0 Å². The quantitative estimate of drug-likeness (QED) is 0.576. The third-order valence-electron chi connectivity index (χ3n) is 4.85. The average Bonchev–Trinajstić information content (AvgIpc) is 2.67. The van der Waals surface area contributed by atoms with E-state index in [1.165, 1.54) is 27.8 Å². The Balaban J connectivity index is 2.11. The Morgan fingerprint density at radius 3 is 1.92 bits per heavy atom. The zero-order valence-corrected chi connectivity index (χ0v) is 16.1. The summed E-state index contributed by atoms with van der Waals surface area (Å²) in [4.78, 5) is 0. The van der Waals surface area contributed by atoms with E-state index >= 15 is 0 Å². The van der Waals surface area contributed by atoms with Crippen molar-refractivity contribution in [1.29, 1.82) is 0 Å². The SMILES string of the molecule is CCc1cc(-c2ccc(OCCCCCN)cc2)cc(CC)c1CC. The van der Waals surface area contributed by atoms with Crippen molar-refractivity contribution in [1.82, 2.24) is 0 Å². The van der Waals surface area contributed by atoms with Crippen molar-refractivity contribution in [3.63, 3.8) is 0 Å². The molecular weight excluding hydrogens is 306 g/mol. The van der Waals surface area contributed by atoms with Gasteiger partial charge >= 0.3 is 0 Å². The van der Waals surface area contributed by atoms with Crippen LogP contribution in [0, 0.1) is 0 Å². The van der Waals surface area contributed by atoms with E-state index in [1.807, 2.05) is 0 Å². The second-order valence-electron chi connectivity index (χ2n) is 6.56. The molecule has 2 heteroatoms. The van der Waals surface area contributed by atoms with Crippen molar-refractivity contribution in [2.24, 2.45) is 5.73 Å². The molecule has 0 spiro atoms. The zero-order chi connectivity index (χ0) is 18.1. The smallest absolute Gasteiger partial charge is 0.119 e. The molecule has 2 nitrogen and oxygen atoms in total. The van der Waals surface area contributed by atoms with Gasteiger partial charge in [-0.3, -0.25) is 0 Å². The molecule has 0 fully saturated rings. The van der Waals surface area contributed by atoms with Gasteiger partial charge in [-0.25, -0.2) is 0 Å². The fourth-order valence-electron chi connectivity index (χ4n) is 3.41.